The van der Waals surface area contributed by atoms with Gasteiger partial charge in [-0.25, -0.2) is 8.42 Å². The third-order valence-corrected chi connectivity index (χ3v) is 6.46. The molecule has 0 saturated carbocycles. The summed E-state index contributed by atoms with van der Waals surface area (Å²) in [6.45, 7) is 1.81. The van der Waals surface area contributed by atoms with Gasteiger partial charge in [0, 0.05) is 4.47 Å². The van der Waals surface area contributed by atoms with Gasteiger partial charge in [0.25, 0.3) is 10.0 Å². The van der Waals surface area contributed by atoms with E-state index >= 15 is 0 Å². The largest absolute Gasteiger partial charge is 0.495 e. The number of anilines is 1. The molecular formula is C12H11Br2NO3S2. The summed E-state index contributed by atoms with van der Waals surface area (Å²) in [6, 6.07) is 6.79. The van der Waals surface area contributed by atoms with Crippen molar-refractivity contribution in [2.24, 2.45) is 0 Å². The van der Waals surface area contributed by atoms with E-state index in [2.05, 4.69) is 36.6 Å². The van der Waals surface area contributed by atoms with Gasteiger partial charge in [0.15, 0.2) is 0 Å². The van der Waals surface area contributed by atoms with E-state index in [0.717, 1.165) is 25.2 Å². The van der Waals surface area contributed by atoms with Crippen molar-refractivity contribution >= 4 is 58.9 Å². The van der Waals surface area contributed by atoms with E-state index in [1.807, 2.05) is 13.0 Å². The summed E-state index contributed by atoms with van der Waals surface area (Å²) in [5.74, 6) is 0.469. The number of aryl methyl sites for hydroxylation is 1. The number of nitrogens with one attached hydrogen (secondary N) is 1. The van der Waals surface area contributed by atoms with Crippen molar-refractivity contribution in [3.63, 3.8) is 0 Å². The van der Waals surface area contributed by atoms with Gasteiger partial charge in [-0.2, -0.15) is 0 Å². The Labute approximate surface area is 138 Å². The lowest BCUT2D eigenvalue weighted by Gasteiger charge is -2.14. The zero-order valence-corrected chi connectivity index (χ0v) is 15.4. The molecular weight excluding hydrogens is 430 g/mol. The normalized spacial score (nSPS) is 11.4. The number of benzene rings is 1. The van der Waals surface area contributed by atoms with Crippen molar-refractivity contribution in [3.8, 4) is 5.75 Å². The van der Waals surface area contributed by atoms with Crippen LogP contribution in [0.25, 0.3) is 0 Å². The van der Waals surface area contributed by atoms with Crippen LogP contribution in [-0.2, 0) is 10.0 Å². The second-order valence-corrected chi connectivity index (χ2v) is 9.25. The van der Waals surface area contributed by atoms with Gasteiger partial charge in [0.2, 0.25) is 0 Å². The van der Waals surface area contributed by atoms with E-state index in [1.165, 1.54) is 7.11 Å². The van der Waals surface area contributed by atoms with Crippen LogP contribution in [0.4, 0.5) is 5.69 Å². The van der Waals surface area contributed by atoms with Crippen molar-refractivity contribution in [1.29, 1.82) is 0 Å². The Morgan fingerprint density at radius 1 is 1.25 bits per heavy atom. The zero-order valence-electron chi connectivity index (χ0n) is 10.6. The number of hydrogen-bond donors (Lipinski definition) is 1. The highest BCUT2D eigenvalue weighted by Crippen LogP contribution is 2.35. The Bertz CT molecular complexity index is 741. The molecule has 0 unspecified atom stereocenters. The number of hydrogen-bond acceptors (Lipinski definition) is 4. The van der Waals surface area contributed by atoms with Crippen molar-refractivity contribution < 1.29 is 13.2 Å². The number of ether oxygens (including phenoxy) is 1. The summed E-state index contributed by atoms with van der Waals surface area (Å²) >= 11 is 7.76. The highest BCUT2D eigenvalue weighted by atomic mass is 79.9. The Kier molecular flexibility index (Phi) is 4.78. The quantitative estimate of drug-likeness (QED) is 0.766. The highest BCUT2D eigenvalue weighted by molar-refractivity contribution is 9.11. The van der Waals surface area contributed by atoms with Crippen molar-refractivity contribution in [2.45, 2.75) is 11.1 Å². The first kappa shape index (κ1) is 15.8. The third-order valence-electron chi connectivity index (χ3n) is 2.53. The number of halogens is 2. The molecule has 0 bridgehead atoms. The first-order valence-corrected chi connectivity index (χ1v) is 9.34. The Morgan fingerprint density at radius 3 is 2.50 bits per heavy atom. The molecule has 1 aromatic heterocycles. The Balaban J connectivity index is 2.44. The molecule has 4 nitrogen and oxygen atoms in total. The van der Waals surface area contributed by atoms with Gasteiger partial charge in [-0.1, -0.05) is 15.9 Å². The molecule has 0 saturated heterocycles. The molecule has 108 valence electrons. The summed E-state index contributed by atoms with van der Waals surface area (Å²) in [5.41, 5.74) is 1.22. The SMILES string of the molecule is COc1cc(Br)cc(C)c1NS(=O)(=O)c1ccc(Br)s1. The van der Waals surface area contributed by atoms with E-state index in [9.17, 15) is 8.42 Å². The van der Waals surface area contributed by atoms with Crippen LogP contribution >= 0.6 is 43.2 Å². The molecule has 2 aromatic rings. The molecule has 1 heterocycles. The van der Waals surface area contributed by atoms with Crippen LogP contribution in [0.15, 0.2) is 36.7 Å². The van der Waals surface area contributed by atoms with E-state index in [4.69, 9.17) is 4.74 Å². The van der Waals surface area contributed by atoms with E-state index in [0.29, 0.717) is 11.4 Å². The number of methoxy groups -OCH3 is 1. The van der Waals surface area contributed by atoms with Gasteiger partial charge in [-0.3, -0.25) is 4.72 Å². The summed E-state index contributed by atoms with van der Waals surface area (Å²) in [4.78, 5) is 0. The molecule has 0 fully saturated rings. The molecule has 0 aliphatic rings. The molecule has 2 rings (SSSR count). The summed E-state index contributed by atoms with van der Waals surface area (Å²) in [5, 5.41) is 0. The second-order valence-electron chi connectivity index (χ2n) is 3.96. The Morgan fingerprint density at radius 2 is 1.95 bits per heavy atom. The van der Waals surface area contributed by atoms with Crippen LogP contribution in [0.5, 0.6) is 5.75 Å². The monoisotopic (exact) mass is 439 g/mol. The molecule has 0 atom stereocenters. The van der Waals surface area contributed by atoms with Gasteiger partial charge < -0.3 is 4.74 Å². The number of rotatable bonds is 4. The molecule has 0 aliphatic heterocycles. The second kappa shape index (κ2) is 6.05. The Hall–Kier alpha value is -0.570. The fraction of sp³-hybridized carbons (Fsp3) is 0.167. The minimum absolute atomic E-state index is 0.244. The molecule has 20 heavy (non-hydrogen) atoms. The van der Waals surface area contributed by atoms with Crippen LogP contribution < -0.4 is 9.46 Å². The van der Waals surface area contributed by atoms with Gasteiger partial charge in [-0.05, 0) is 52.7 Å². The van der Waals surface area contributed by atoms with Crippen LogP contribution in [-0.4, -0.2) is 15.5 Å². The average molecular weight is 441 g/mol. The van der Waals surface area contributed by atoms with Gasteiger partial charge >= 0.3 is 0 Å². The van der Waals surface area contributed by atoms with Gasteiger partial charge in [0.05, 0.1) is 16.6 Å². The number of thiophene rings is 1. The minimum Gasteiger partial charge on any atom is -0.495 e. The minimum atomic E-state index is -3.62. The summed E-state index contributed by atoms with van der Waals surface area (Å²) in [7, 11) is -2.12. The van der Waals surface area contributed by atoms with Gasteiger partial charge in [0.1, 0.15) is 9.96 Å². The van der Waals surface area contributed by atoms with Crippen molar-refractivity contribution in [2.75, 3.05) is 11.8 Å². The summed E-state index contributed by atoms with van der Waals surface area (Å²) < 4.78 is 34.3. The molecule has 1 aromatic carbocycles. The lowest BCUT2D eigenvalue weighted by molar-refractivity contribution is 0.416. The maximum absolute atomic E-state index is 12.3. The van der Waals surface area contributed by atoms with Crippen LogP contribution in [0.2, 0.25) is 0 Å². The first-order valence-electron chi connectivity index (χ1n) is 5.46. The maximum atomic E-state index is 12.3. The predicted octanol–water partition coefficient (Wildman–Crippen LogP) is 4.39. The van der Waals surface area contributed by atoms with E-state index in [1.54, 1.807) is 18.2 Å². The summed E-state index contributed by atoms with van der Waals surface area (Å²) in [6.07, 6.45) is 0. The fourth-order valence-electron chi connectivity index (χ4n) is 1.63. The molecule has 8 heteroatoms. The molecule has 1 N–H and O–H groups in total. The topological polar surface area (TPSA) is 55.4 Å². The highest BCUT2D eigenvalue weighted by Gasteiger charge is 2.20. The van der Waals surface area contributed by atoms with Crippen molar-refractivity contribution in [3.05, 3.63) is 38.1 Å². The average Bonchev–Trinajstić information content (AvgIpc) is 2.80. The van der Waals surface area contributed by atoms with E-state index < -0.39 is 10.0 Å². The lowest BCUT2D eigenvalue weighted by Crippen LogP contribution is -2.13. The fourth-order valence-corrected chi connectivity index (χ4v) is 5.33. The molecule has 0 spiro atoms. The number of sulfonamides is 1. The van der Waals surface area contributed by atoms with Crippen LogP contribution in [0.3, 0.4) is 0 Å². The standard InChI is InChI=1S/C12H11Br2NO3S2/c1-7-5-8(13)6-9(18-2)12(7)15-20(16,17)11-4-3-10(14)19-11/h3-6,15H,1-2H3. The van der Waals surface area contributed by atoms with Crippen LogP contribution in [0.1, 0.15) is 5.56 Å². The molecule has 0 aliphatic carbocycles. The van der Waals surface area contributed by atoms with E-state index in [-0.39, 0.29) is 4.21 Å². The van der Waals surface area contributed by atoms with Gasteiger partial charge in [-0.15, -0.1) is 11.3 Å². The van der Waals surface area contributed by atoms with Crippen molar-refractivity contribution in [1.82, 2.24) is 0 Å². The maximum Gasteiger partial charge on any atom is 0.271 e. The molecule has 0 amide bonds. The lowest BCUT2D eigenvalue weighted by atomic mass is 10.2. The zero-order chi connectivity index (χ0) is 14.9. The van der Waals surface area contributed by atoms with Crippen LogP contribution in [0, 0.1) is 6.92 Å². The first-order chi connectivity index (χ1) is 9.33. The third kappa shape index (κ3) is 3.36. The molecule has 0 radical (unpaired) electrons. The predicted molar refractivity (Wildman–Crippen MR) is 88.3 cm³/mol. The smallest absolute Gasteiger partial charge is 0.271 e.